The van der Waals surface area contributed by atoms with E-state index in [9.17, 15) is 4.79 Å². The molecular weight excluding hydrogens is 342 g/mol. The number of fused-ring (bicyclic) bond motifs is 1. The molecular formula is C21H23N3O3. The van der Waals surface area contributed by atoms with Gasteiger partial charge in [0.15, 0.2) is 0 Å². The quantitative estimate of drug-likeness (QED) is 0.391. The summed E-state index contributed by atoms with van der Waals surface area (Å²) >= 11 is 0. The molecule has 0 aliphatic heterocycles. The molecule has 1 N–H and O–H groups in total. The Morgan fingerprint density at radius 2 is 2.00 bits per heavy atom. The van der Waals surface area contributed by atoms with Gasteiger partial charge in [-0.25, -0.2) is 14.8 Å². The van der Waals surface area contributed by atoms with Gasteiger partial charge in [0.2, 0.25) is 5.88 Å². The van der Waals surface area contributed by atoms with Crippen LogP contribution < -0.4 is 10.1 Å². The second kappa shape index (κ2) is 8.60. The van der Waals surface area contributed by atoms with Crippen molar-refractivity contribution < 1.29 is 14.3 Å². The van der Waals surface area contributed by atoms with E-state index in [2.05, 4.69) is 29.1 Å². The minimum absolute atomic E-state index is 0.205. The predicted octanol–water partition coefficient (Wildman–Crippen LogP) is 3.67. The smallest absolute Gasteiger partial charge is 0.339 e. The van der Waals surface area contributed by atoms with Crippen molar-refractivity contribution in [2.45, 2.75) is 13.8 Å². The first-order chi connectivity index (χ1) is 13.1. The van der Waals surface area contributed by atoms with Crippen molar-refractivity contribution in [3.05, 3.63) is 54.2 Å². The number of nitrogens with zero attached hydrogens (tertiary/aromatic N) is 2. The standard InChI is InChI=1S/C21H23N3O3/c1-14(2)11-22-13-27-21(25)16-5-8-18-15(10-16)4-7-19(24-18)17-6-9-20(26-3)23-12-17/h4-10,12,14,22H,11,13H2,1-3H3. The third kappa shape index (κ3) is 4.80. The van der Waals surface area contributed by atoms with Crippen molar-refractivity contribution >= 4 is 16.9 Å². The molecule has 0 bridgehead atoms. The van der Waals surface area contributed by atoms with Gasteiger partial charge < -0.3 is 9.47 Å². The second-order valence-corrected chi connectivity index (χ2v) is 6.62. The van der Waals surface area contributed by atoms with Gasteiger partial charge in [-0.3, -0.25) is 5.32 Å². The summed E-state index contributed by atoms with van der Waals surface area (Å²) in [6.07, 6.45) is 1.73. The largest absolute Gasteiger partial charge is 0.481 e. The number of hydrogen-bond acceptors (Lipinski definition) is 6. The molecule has 6 heteroatoms. The van der Waals surface area contributed by atoms with Crippen LogP contribution in [0.4, 0.5) is 0 Å². The molecule has 2 heterocycles. The number of carbonyl (C=O) groups is 1. The number of nitrogens with one attached hydrogen (secondary N) is 1. The van der Waals surface area contributed by atoms with Gasteiger partial charge in [0.25, 0.3) is 0 Å². The van der Waals surface area contributed by atoms with Crippen molar-refractivity contribution in [3.63, 3.8) is 0 Å². The number of benzene rings is 1. The highest BCUT2D eigenvalue weighted by Crippen LogP contribution is 2.22. The molecule has 0 unspecified atom stereocenters. The minimum Gasteiger partial charge on any atom is -0.481 e. The van der Waals surface area contributed by atoms with Gasteiger partial charge in [-0.15, -0.1) is 0 Å². The topological polar surface area (TPSA) is 73.3 Å². The van der Waals surface area contributed by atoms with Crippen LogP contribution in [-0.2, 0) is 4.74 Å². The van der Waals surface area contributed by atoms with Crippen molar-refractivity contribution in [2.24, 2.45) is 5.92 Å². The van der Waals surface area contributed by atoms with Crippen molar-refractivity contribution in [3.8, 4) is 17.1 Å². The Labute approximate surface area is 158 Å². The van der Waals surface area contributed by atoms with Crippen LogP contribution in [0.5, 0.6) is 5.88 Å². The lowest BCUT2D eigenvalue weighted by Gasteiger charge is -2.09. The average Bonchev–Trinajstić information content (AvgIpc) is 2.70. The van der Waals surface area contributed by atoms with Crippen LogP contribution in [0.3, 0.4) is 0 Å². The number of hydrogen-bond donors (Lipinski definition) is 1. The normalized spacial score (nSPS) is 11.0. The van der Waals surface area contributed by atoms with Crippen LogP contribution >= 0.6 is 0 Å². The average molecular weight is 365 g/mol. The number of ether oxygens (including phenoxy) is 2. The maximum Gasteiger partial charge on any atom is 0.339 e. The lowest BCUT2D eigenvalue weighted by atomic mass is 10.1. The first-order valence-corrected chi connectivity index (χ1v) is 8.86. The molecule has 0 saturated carbocycles. The molecule has 3 aromatic rings. The van der Waals surface area contributed by atoms with Crippen LogP contribution in [0.25, 0.3) is 22.2 Å². The van der Waals surface area contributed by atoms with E-state index in [-0.39, 0.29) is 12.7 Å². The molecule has 27 heavy (non-hydrogen) atoms. The van der Waals surface area contributed by atoms with E-state index in [0.717, 1.165) is 28.7 Å². The van der Waals surface area contributed by atoms with Crippen molar-refractivity contribution in [2.75, 3.05) is 20.4 Å². The zero-order chi connectivity index (χ0) is 19.2. The molecule has 0 fully saturated rings. The minimum atomic E-state index is -0.350. The van der Waals surface area contributed by atoms with Crippen LogP contribution in [-0.4, -0.2) is 36.3 Å². The lowest BCUT2D eigenvalue weighted by Crippen LogP contribution is -2.24. The highest BCUT2D eigenvalue weighted by molar-refractivity contribution is 5.94. The van der Waals surface area contributed by atoms with Gasteiger partial charge in [-0.1, -0.05) is 19.9 Å². The summed E-state index contributed by atoms with van der Waals surface area (Å²) in [5.74, 6) is 0.715. The molecule has 2 aromatic heterocycles. The summed E-state index contributed by atoms with van der Waals surface area (Å²) in [6.45, 7) is 5.21. The van der Waals surface area contributed by atoms with Gasteiger partial charge in [0.05, 0.1) is 23.9 Å². The van der Waals surface area contributed by atoms with E-state index in [4.69, 9.17) is 9.47 Å². The molecule has 3 rings (SSSR count). The molecule has 0 aliphatic carbocycles. The molecule has 140 valence electrons. The summed E-state index contributed by atoms with van der Waals surface area (Å²) in [4.78, 5) is 21.0. The van der Waals surface area contributed by atoms with Gasteiger partial charge in [0.1, 0.15) is 6.73 Å². The maximum atomic E-state index is 12.2. The Morgan fingerprint density at radius 3 is 2.70 bits per heavy atom. The molecule has 0 aliphatic rings. The molecule has 0 saturated heterocycles. The number of aromatic nitrogens is 2. The Hall–Kier alpha value is -2.99. The van der Waals surface area contributed by atoms with Crippen molar-refractivity contribution in [1.29, 1.82) is 0 Å². The van der Waals surface area contributed by atoms with E-state index < -0.39 is 0 Å². The zero-order valence-corrected chi connectivity index (χ0v) is 15.7. The van der Waals surface area contributed by atoms with Crippen LogP contribution in [0.1, 0.15) is 24.2 Å². The van der Waals surface area contributed by atoms with Gasteiger partial charge >= 0.3 is 5.97 Å². The first kappa shape index (κ1) is 18.8. The summed E-state index contributed by atoms with van der Waals surface area (Å²) in [5, 5.41) is 3.97. The molecule has 6 nitrogen and oxygen atoms in total. The Bertz CT molecular complexity index is 924. The summed E-state index contributed by atoms with van der Waals surface area (Å²) in [6, 6.07) is 12.9. The van der Waals surface area contributed by atoms with Gasteiger partial charge in [0, 0.05) is 29.8 Å². The fourth-order valence-corrected chi connectivity index (χ4v) is 2.61. The fraction of sp³-hybridized carbons (Fsp3) is 0.286. The van der Waals surface area contributed by atoms with Gasteiger partial charge in [-0.2, -0.15) is 0 Å². The number of rotatable bonds is 7. The molecule has 0 atom stereocenters. The molecule has 1 aromatic carbocycles. The first-order valence-electron chi connectivity index (χ1n) is 8.86. The van der Waals surface area contributed by atoms with Crippen LogP contribution in [0.2, 0.25) is 0 Å². The summed E-state index contributed by atoms with van der Waals surface area (Å²) < 4.78 is 10.3. The maximum absolute atomic E-state index is 12.2. The summed E-state index contributed by atoms with van der Waals surface area (Å²) in [7, 11) is 1.58. The van der Waals surface area contributed by atoms with Gasteiger partial charge in [-0.05, 0) is 36.2 Å². The highest BCUT2D eigenvalue weighted by atomic mass is 16.5. The Morgan fingerprint density at radius 1 is 1.15 bits per heavy atom. The number of pyridine rings is 2. The zero-order valence-electron chi connectivity index (χ0n) is 15.7. The molecule has 0 radical (unpaired) electrons. The fourth-order valence-electron chi connectivity index (χ4n) is 2.61. The summed E-state index contributed by atoms with van der Waals surface area (Å²) in [5.41, 5.74) is 3.02. The Kier molecular flexibility index (Phi) is 5.98. The highest BCUT2D eigenvalue weighted by Gasteiger charge is 2.09. The third-order valence-corrected chi connectivity index (χ3v) is 4.02. The third-order valence-electron chi connectivity index (χ3n) is 4.02. The SMILES string of the molecule is COc1ccc(-c2ccc3cc(C(=O)OCNCC(C)C)ccc3n2)cn1. The molecule has 0 amide bonds. The van der Waals surface area contributed by atoms with E-state index in [1.807, 2.05) is 24.3 Å². The van der Waals surface area contributed by atoms with E-state index in [1.165, 1.54) is 0 Å². The van der Waals surface area contributed by atoms with Crippen molar-refractivity contribution in [1.82, 2.24) is 15.3 Å². The monoisotopic (exact) mass is 365 g/mol. The Balaban J connectivity index is 1.73. The predicted molar refractivity (Wildman–Crippen MR) is 105 cm³/mol. The number of carbonyl (C=O) groups excluding carboxylic acids is 1. The number of methoxy groups -OCH3 is 1. The van der Waals surface area contributed by atoms with E-state index >= 15 is 0 Å². The second-order valence-electron chi connectivity index (χ2n) is 6.62. The van der Waals surface area contributed by atoms with E-state index in [1.54, 1.807) is 31.5 Å². The number of esters is 1. The van der Waals surface area contributed by atoms with Crippen LogP contribution in [0, 0.1) is 5.92 Å². The lowest BCUT2D eigenvalue weighted by molar-refractivity contribution is 0.0469. The van der Waals surface area contributed by atoms with Crippen LogP contribution in [0.15, 0.2) is 48.7 Å². The molecule has 0 spiro atoms. The van der Waals surface area contributed by atoms with E-state index in [0.29, 0.717) is 17.4 Å².